The van der Waals surface area contributed by atoms with Crippen LogP contribution in [-0.2, 0) is 25.5 Å². The van der Waals surface area contributed by atoms with E-state index in [0.29, 0.717) is 45.4 Å². The molecule has 0 saturated carbocycles. The smallest absolute Gasteiger partial charge is 0.303 e. The number of aliphatic hydroxyl groups is 1. The van der Waals surface area contributed by atoms with Crippen molar-refractivity contribution < 1.29 is 82.9 Å². The maximum Gasteiger partial charge on any atom is 0.303 e. The number of carbonyl (C=O) groups is 3. The first kappa shape index (κ1) is 37.8. The van der Waals surface area contributed by atoms with Crippen LogP contribution in [0.25, 0.3) is 0 Å². The minimum absolute atomic E-state index is 0. The van der Waals surface area contributed by atoms with Crippen molar-refractivity contribution in [2.24, 2.45) is 5.41 Å². The van der Waals surface area contributed by atoms with E-state index >= 15 is 0 Å². The Hall–Kier alpha value is -2.68. The van der Waals surface area contributed by atoms with Crippen molar-refractivity contribution in [3.63, 3.8) is 0 Å². The summed E-state index contributed by atoms with van der Waals surface area (Å²) in [7, 11) is 3.04. The van der Waals surface area contributed by atoms with Gasteiger partial charge in [-0.15, -0.1) is 0 Å². The Morgan fingerprint density at radius 3 is 2.43 bits per heavy atom. The second-order valence-corrected chi connectivity index (χ2v) is 12.3. The number of amides is 2. The van der Waals surface area contributed by atoms with Gasteiger partial charge in [0.05, 0.1) is 20.6 Å². The summed E-state index contributed by atoms with van der Waals surface area (Å²) in [4.78, 5) is 40.3. The van der Waals surface area contributed by atoms with E-state index in [-0.39, 0.29) is 70.1 Å². The third kappa shape index (κ3) is 9.02. The summed E-state index contributed by atoms with van der Waals surface area (Å²) in [5, 5.41) is 22.4. The van der Waals surface area contributed by atoms with Gasteiger partial charge in [0, 0.05) is 96.6 Å². The fraction of sp³-hybridized carbons (Fsp3) is 0.382. The van der Waals surface area contributed by atoms with Gasteiger partial charge in [-0.2, -0.15) is 0 Å². The number of para-hydroxylation sites is 1. The summed E-state index contributed by atoms with van der Waals surface area (Å²) >= 11 is 6.48. The van der Waals surface area contributed by atoms with E-state index < -0.39 is 35.4 Å². The SMILES string of the molecule is COc1cccc([C@H]2O[C@H](CC(=O)Nc3ccc(CCC(=O)O)cc3C)C(=O)N(CC(C)(C)CO)c3ccc(Cl)cc32)c1OC.[Ac]. The average Bonchev–Trinajstić information content (AvgIpc) is 3.10. The molecular weight excluding hydrogens is 827 g/mol. The molecule has 0 aliphatic carbocycles. The van der Waals surface area contributed by atoms with Gasteiger partial charge in [0.2, 0.25) is 5.91 Å². The van der Waals surface area contributed by atoms with Crippen molar-refractivity contribution in [1.29, 1.82) is 0 Å². The molecule has 46 heavy (non-hydrogen) atoms. The number of rotatable bonds is 12. The Balaban J connectivity index is 0.00000576. The topological polar surface area (TPSA) is 135 Å². The molecular formula is C34H39AcClN2O8. The van der Waals surface area contributed by atoms with E-state index in [1.807, 2.05) is 26.8 Å². The first-order valence-electron chi connectivity index (χ1n) is 14.6. The number of aryl methyl sites for hydroxylation is 2. The molecule has 3 aromatic carbocycles. The summed E-state index contributed by atoms with van der Waals surface area (Å²) in [6.07, 6.45) is -2.03. The number of anilines is 2. The third-order valence-electron chi connectivity index (χ3n) is 7.70. The summed E-state index contributed by atoms with van der Waals surface area (Å²) in [5.41, 5.74) is 3.17. The number of hydrogen-bond acceptors (Lipinski definition) is 7. The van der Waals surface area contributed by atoms with Crippen LogP contribution in [0.2, 0.25) is 5.02 Å². The third-order valence-corrected chi connectivity index (χ3v) is 7.93. The first-order chi connectivity index (χ1) is 21.4. The van der Waals surface area contributed by atoms with E-state index in [4.69, 9.17) is 30.9 Å². The number of fused-ring (bicyclic) bond motifs is 1. The zero-order valence-corrected chi connectivity index (χ0v) is 32.1. The maximum absolute atomic E-state index is 14.3. The predicted molar refractivity (Wildman–Crippen MR) is 171 cm³/mol. The van der Waals surface area contributed by atoms with Crippen molar-refractivity contribution in [2.75, 3.05) is 37.6 Å². The van der Waals surface area contributed by atoms with Crippen molar-refractivity contribution >= 4 is 40.8 Å². The van der Waals surface area contributed by atoms with Crippen LogP contribution in [0.3, 0.4) is 0 Å². The molecule has 2 amide bonds. The number of halogens is 1. The number of carboxylic acids is 1. The first-order valence-corrected chi connectivity index (χ1v) is 14.9. The van der Waals surface area contributed by atoms with Crippen molar-refractivity contribution in [3.05, 3.63) is 81.9 Å². The Labute approximate surface area is 309 Å². The molecule has 3 aromatic rings. The van der Waals surface area contributed by atoms with Gasteiger partial charge in [-0.05, 0) is 54.8 Å². The van der Waals surface area contributed by atoms with Gasteiger partial charge in [-0.3, -0.25) is 14.4 Å². The van der Waals surface area contributed by atoms with Gasteiger partial charge >= 0.3 is 5.97 Å². The number of benzene rings is 3. The number of hydrogen-bond donors (Lipinski definition) is 3. The number of ether oxygens (including phenoxy) is 3. The molecule has 0 bridgehead atoms. The van der Waals surface area contributed by atoms with Crippen LogP contribution >= 0.6 is 11.6 Å². The normalized spacial score (nSPS) is 16.2. The molecule has 243 valence electrons. The molecule has 1 radical (unpaired) electrons. The molecule has 0 spiro atoms. The van der Waals surface area contributed by atoms with Crippen LogP contribution in [0.15, 0.2) is 54.6 Å². The van der Waals surface area contributed by atoms with E-state index in [0.717, 1.165) is 11.1 Å². The van der Waals surface area contributed by atoms with Crippen LogP contribution in [0.1, 0.15) is 55.0 Å². The van der Waals surface area contributed by atoms with Crippen LogP contribution in [0, 0.1) is 56.4 Å². The standard InChI is InChI=1S/C34H39ClN2O8.Ac/c1-20-15-21(10-14-30(40)41)9-12-25(20)36-29(39)17-28-33(42)37(18-34(2,3)19-38)26-13-11-22(35)16-24(26)31(45-28)23-7-6-8-27(43-4)32(23)44-5;/h6-9,11-13,15-16,28,31,38H,10,14,17-19H2,1-5H3,(H,36,39)(H,40,41);/t28-,31-;/m1./s1. The molecule has 1 heterocycles. The molecule has 1 aliphatic rings. The fourth-order valence-electron chi connectivity index (χ4n) is 5.35. The van der Waals surface area contributed by atoms with Gasteiger partial charge in [0.15, 0.2) is 11.5 Å². The van der Waals surface area contributed by atoms with E-state index in [1.165, 1.54) is 14.2 Å². The summed E-state index contributed by atoms with van der Waals surface area (Å²) in [5.74, 6) is -0.900. The summed E-state index contributed by atoms with van der Waals surface area (Å²) < 4.78 is 17.8. The van der Waals surface area contributed by atoms with Crippen LogP contribution in [0.5, 0.6) is 11.5 Å². The maximum atomic E-state index is 14.3. The minimum Gasteiger partial charge on any atom is -0.493 e. The molecule has 2 atom stereocenters. The molecule has 0 saturated heterocycles. The fourth-order valence-corrected chi connectivity index (χ4v) is 5.53. The van der Waals surface area contributed by atoms with E-state index in [2.05, 4.69) is 5.32 Å². The minimum atomic E-state index is -1.22. The van der Waals surface area contributed by atoms with Gasteiger partial charge in [-0.1, -0.05) is 49.7 Å². The zero-order chi connectivity index (χ0) is 32.9. The zero-order valence-electron chi connectivity index (χ0n) is 26.6. The Kier molecular flexibility index (Phi) is 13.5. The molecule has 3 N–H and O–H groups in total. The summed E-state index contributed by atoms with van der Waals surface area (Å²) in [6.45, 7) is 5.47. The number of methoxy groups -OCH3 is 2. The number of nitrogens with one attached hydrogen (secondary N) is 1. The number of carboxylic acid groups (broad SMARTS) is 1. The molecule has 1 aliphatic heterocycles. The van der Waals surface area contributed by atoms with Crippen molar-refractivity contribution in [2.45, 2.75) is 52.2 Å². The molecule has 10 nitrogen and oxygen atoms in total. The average molecular weight is 866 g/mol. The number of carbonyl (C=O) groups excluding carboxylic acids is 2. The molecule has 0 fully saturated rings. The molecule has 4 rings (SSSR count). The number of aliphatic carboxylic acids is 1. The van der Waals surface area contributed by atoms with Gasteiger partial charge in [-0.25, -0.2) is 0 Å². The van der Waals surface area contributed by atoms with E-state index in [1.54, 1.807) is 53.4 Å². The van der Waals surface area contributed by atoms with Gasteiger partial charge < -0.3 is 34.6 Å². The monoisotopic (exact) mass is 865 g/mol. The van der Waals surface area contributed by atoms with Crippen LogP contribution in [-0.4, -0.2) is 61.5 Å². The second-order valence-electron chi connectivity index (χ2n) is 11.8. The largest absolute Gasteiger partial charge is 0.493 e. The van der Waals surface area contributed by atoms with E-state index in [9.17, 15) is 19.5 Å². The van der Waals surface area contributed by atoms with Gasteiger partial charge in [0.25, 0.3) is 5.91 Å². The Morgan fingerprint density at radius 1 is 1.07 bits per heavy atom. The van der Waals surface area contributed by atoms with Crippen LogP contribution < -0.4 is 19.7 Å². The Morgan fingerprint density at radius 2 is 1.80 bits per heavy atom. The Bertz CT molecular complexity index is 1580. The van der Waals surface area contributed by atoms with Crippen molar-refractivity contribution in [3.8, 4) is 11.5 Å². The number of nitrogens with zero attached hydrogens (tertiary/aromatic N) is 1. The quantitative estimate of drug-likeness (QED) is 0.216. The predicted octanol–water partition coefficient (Wildman–Crippen LogP) is 5.55. The number of aliphatic hydroxyl groups excluding tert-OH is 1. The van der Waals surface area contributed by atoms with Crippen LogP contribution in [0.4, 0.5) is 11.4 Å². The van der Waals surface area contributed by atoms with Gasteiger partial charge in [0.1, 0.15) is 12.2 Å². The second kappa shape index (κ2) is 16.4. The molecule has 0 unspecified atom stereocenters. The summed E-state index contributed by atoms with van der Waals surface area (Å²) in [6, 6.07) is 15.8. The molecule has 12 heteroatoms. The molecule has 0 aromatic heterocycles. The van der Waals surface area contributed by atoms with Crippen molar-refractivity contribution in [1.82, 2.24) is 0 Å².